The Hall–Kier alpha value is -0.830. The maximum atomic E-state index is 12.1. The summed E-state index contributed by atoms with van der Waals surface area (Å²) in [6, 6.07) is 7.74. The van der Waals surface area contributed by atoms with Crippen LogP contribution in [0.3, 0.4) is 0 Å². The number of halogens is 1. The Kier molecular flexibility index (Phi) is 4.33. The van der Waals surface area contributed by atoms with Gasteiger partial charge in [0, 0.05) is 22.6 Å². The van der Waals surface area contributed by atoms with Gasteiger partial charge < -0.3 is 4.90 Å². The molecule has 1 rings (SSSR count). The van der Waals surface area contributed by atoms with Crippen molar-refractivity contribution in [1.82, 2.24) is 4.90 Å². The van der Waals surface area contributed by atoms with Crippen LogP contribution in [-0.4, -0.2) is 23.4 Å². The highest BCUT2D eigenvalue weighted by Gasteiger charge is 2.16. The summed E-state index contributed by atoms with van der Waals surface area (Å²) in [5, 5.41) is 0. The second-order valence-electron chi connectivity index (χ2n) is 3.70. The Morgan fingerprint density at radius 2 is 2.13 bits per heavy atom. The quantitative estimate of drug-likeness (QED) is 0.825. The molecule has 0 heterocycles. The third-order valence-corrected chi connectivity index (χ3v) is 2.79. The summed E-state index contributed by atoms with van der Waals surface area (Å²) >= 11 is 3.37. The van der Waals surface area contributed by atoms with E-state index >= 15 is 0 Å². The average molecular weight is 270 g/mol. The number of carbonyl (C=O) groups is 1. The van der Waals surface area contributed by atoms with E-state index in [4.69, 9.17) is 0 Å². The SMILES string of the molecule is CCN(C(=O)c1cccc(Br)c1)C(C)C. The molecule has 0 fully saturated rings. The van der Waals surface area contributed by atoms with Gasteiger partial charge in [0.1, 0.15) is 0 Å². The van der Waals surface area contributed by atoms with Gasteiger partial charge in [0.15, 0.2) is 0 Å². The number of nitrogens with zero attached hydrogens (tertiary/aromatic N) is 1. The van der Waals surface area contributed by atoms with Crippen molar-refractivity contribution in [1.29, 1.82) is 0 Å². The third kappa shape index (κ3) is 3.06. The first-order valence-electron chi connectivity index (χ1n) is 5.12. The Labute approximate surface area is 99.4 Å². The predicted molar refractivity (Wildman–Crippen MR) is 66.0 cm³/mol. The number of carbonyl (C=O) groups excluding carboxylic acids is 1. The molecule has 1 amide bonds. The van der Waals surface area contributed by atoms with E-state index in [1.165, 1.54) is 0 Å². The van der Waals surface area contributed by atoms with Gasteiger partial charge >= 0.3 is 0 Å². The number of rotatable bonds is 3. The van der Waals surface area contributed by atoms with E-state index in [0.29, 0.717) is 0 Å². The Balaban J connectivity index is 2.93. The lowest BCUT2D eigenvalue weighted by atomic mass is 10.2. The van der Waals surface area contributed by atoms with Crippen LogP contribution in [0.15, 0.2) is 28.7 Å². The molecule has 0 aliphatic rings. The summed E-state index contributed by atoms with van der Waals surface area (Å²) < 4.78 is 0.938. The van der Waals surface area contributed by atoms with Gasteiger partial charge in [-0.1, -0.05) is 22.0 Å². The van der Waals surface area contributed by atoms with Gasteiger partial charge in [-0.25, -0.2) is 0 Å². The van der Waals surface area contributed by atoms with Crippen molar-refractivity contribution in [2.75, 3.05) is 6.54 Å². The standard InChI is InChI=1S/C12H16BrNO/c1-4-14(9(2)3)12(15)10-6-5-7-11(13)8-10/h5-9H,4H2,1-3H3. The van der Waals surface area contributed by atoms with Gasteiger partial charge in [-0.15, -0.1) is 0 Å². The number of benzene rings is 1. The number of hydrogen-bond acceptors (Lipinski definition) is 1. The van der Waals surface area contributed by atoms with Crippen LogP contribution < -0.4 is 0 Å². The first-order valence-corrected chi connectivity index (χ1v) is 5.92. The molecule has 0 unspecified atom stereocenters. The summed E-state index contributed by atoms with van der Waals surface area (Å²) in [5.74, 6) is 0.0915. The van der Waals surface area contributed by atoms with Crippen molar-refractivity contribution in [3.8, 4) is 0 Å². The normalized spacial score (nSPS) is 10.5. The molecular weight excluding hydrogens is 254 g/mol. The largest absolute Gasteiger partial charge is 0.337 e. The van der Waals surface area contributed by atoms with Crippen LogP contribution >= 0.6 is 15.9 Å². The third-order valence-electron chi connectivity index (χ3n) is 2.30. The molecule has 2 nitrogen and oxygen atoms in total. The molecule has 0 radical (unpaired) electrons. The van der Waals surface area contributed by atoms with Crippen molar-refractivity contribution in [3.05, 3.63) is 34.3 Å². The van der Waals surface area contributed by atoms with E-state index in [2.05, 4.69) is 15.9 Å². The van der Waals surface area contributed by atoms with E-state index in [0.717, 1.165) is 16.6 Å². The van der Waals surface area contributed by atoms with Crippen molar-refractivity contribution >= 4 is 21.8 Å². The van der Waals surface area contributed by atoms with Gasteiger partial charge in [-0.3, -0.25) is 4.79 Å². The molecule has 0 aliphatic heterocycles. The molecule has 82 valence electrons. The minimum Gasteiger partial charge on any atom is -0.337 e. The summed E-state index contributed by atoms with van der Waals surface area (Å²) in [7, 11) is 0. The van der Waals surface area contributed by atoms with Crippen LogP contribution in [0.4, 0.5) is 0 Å². The minimum atomic E-state index is 0.0915. The molecule has 1 aromatic rings. The minimum absolute atomic E-state index is 0.0915. The van der Waals surface area contributed by atoms with Crippen LogP contribution in [0, 0.1) is 0 Å². The summed E-state index contributed by atoms with van der Waals surface area (Å²) in [5.41, 5.74) is 0.736. The maximum Gasteiger partial charge on any atom is 0.254 e. The molecule has 0 saturated carbocycles. The molecule has 0 aliphatic carbocycles. The van der Waals surface area contributed by atoms with E-state index in [-0.39, 0.29) is 11.9 Å². The van der Waals surface area contributed by atoms with Gasteiger partial charge in [0.25, 0.3) is 5.91 Å². The van der Waals surface area contributed by atoms with Crippen molar-refractivity contribution in [3.63, 3.8) is 0 Å². The fraction of sp³-hybridized carbons (Fsp3) is 0.417. The molecule has 15 heavy (non-hydrogen) atoms. The highest BCUT2D eigenvalue weighted by Crippen LogP contribution is 2.14. The lowest BCUT2D eigenvalue weighted by Crippen LogP contribution is -2.36. The topological polar surface area (TPSA) is 20.3 Å². The van der Waals surface area contributed by atoms with Crippen molar-refractivity contribution < 1.29 is 4.79 Å². The molecule has 0 saturated heterocycles. The van der Waals surface area contributed by atoms with Crippen LogP contribution in [0.1, 0.15) is 31.1 Å². The summed E-state index contributed by atoms with van der Waals surface area (Å²) in [6.07, 6.45) is 0. The van der Waals surface area contributed by atoms with Crippen molar-refractivity contribution in [2.45, 2.75) is 26.8 Å². The fourth-order valence-electron chi connectivity index (χ4n) is 1.53. The zero-order valence-corrected chi connectivity index (χ0v) is 10.9. The highest BCUT2D eigenvalue weighted by molar-refractivity contribution is 9.10. The average Bonchev–Trinajstić information content (AvgIpc) is 2.18. The second-order valence-corrected chi connectivity index (χ2v) is 4.61. The highest BCUT2D eigenvalue weighted by atomic mass is 79.9. The van der Waals surface area contributed by atoms with E-state index < -0.39 is 0 Å². The van der Waals surface area contributed by atoms with Gasteiger partial charge in [-0.05, 0) is 39.0 Å². The van der Waals surface area contributed by atoms with Crippen LogP contribution in [0.5, 0.6) is 0 Å². The van der Waals surface area contributed by atoms with E-state index in [9.17, 15) is 4.79 Å². The fourth-order valence-corrected chi connectivity index (χ4v) is 1.93. The van der Waals surface area contributed by atoms with Crippen LogP contribution in [-0.2, 0) is 0 Å². The number of amides is 1. The Bertz CT molecular complexity index is 349. The second kappa shape index (κ2) is 5.31. The molecule has 0 bridgehead atoms. The molecule has 0 atom stereocenters. The molecule has 0 spiro atoms. The van der Waals surface area contributed by atoms with E-state index in [1.54, 1.807) is 0 Å². The zero-order chi connectivity index (χ0) is 11.4. The lowest BCUT2D eigenvalue weighted by molar-refractivity contribution is 0.0717. The van der Waals surface area contributed by atoms with Crippen molar-refractivity contribution in [2.24, 2.45) is 0 Å². The first-order chi connectivity index (χ1) is 7.06. The molecule has 3 heteroatoms. The Morgan fingerprint density at radius 3 is 2.60 bits per heavy atom. The number of hydrogen-bond donors (Lipinski definition) is 0. The maximum absolute atomic E-state index is 12.1. The van der Waals surface area contributed by atoms with Crippen LogP contribution in [0.25, 0.3) is 0 Å². The zero-order valence-electron chi connectivity index (χ0n) is 9.33. The predicted octanol–water partition coefficient (Wildman–Crippen LogP) is 3.32. The first kappa shape index (κ1) is 12.2. The molecule has 0 aromatic heterocycles. The van der Waals surface area contributed by atoms with E-state index in [1.807, 2.05) is 49.9 Å². The van der Waals surface area contributed by atoms with Gasteiger partial charge in [-0.2, -0.15) is 0 Å². The van der Waals surface area contributed by atoms with Gasteiger partial charge in [0.2, 0.25) is 0 Å². The monoisotopic (exact) mass is 269 g/mol. The summed E-state index contributed by atoms with van der Waals surface area (Å²) in [4.78, 5) is 13.9. The summed E-state index contributed by atoms with van der Waals surface area (Å²) in [6.45, 7) is 6.79. The molecule has 0 N–H and O–H groups in total. The van der Waals surface area contributed by atoms with Gasteiger partial charge in [0.05, 0.1) is 0 Å². The smallest absolute Gasteiger partial charge is 0.254 e. The Morgan fingerprint density at radius 1 is 1.47 bits per heavy atom. The molecular formula is C12H16BrNO. The lowest BCUT2D eigenvalue weighted by Gasteiger charge is -2.25. The van der Waals surface area contributed by atoms with Crippen LogP contribution in [0.2, 0.25) is 0 Å². The molecule has 1 aromatic carbocycles.